The average molecular weight is 239 g/mol. The fourth-order valence-corrected chi connectivity index (χ4v) is 2.14. The predicted molar refractivity (Wildman–Crippen MR) is 60.4 cm³/mol. The highest BCUT2D eigenvalue weighted by atomic mass is 32.1. The quantitative estimate of drug-likeness (QED) is 0.711. The Morgan fingerprint density at radius 2 is 2.25 bits per heavy atom. The second-order valence-corrected chi connectivity index (χ2v) is 4.86. The predicted octanol–water partition coefficient (Wildman–Crippen LogP) is 0.366. The standard InChI is InChI=1S/C10H13N3O2S/c1-7-11-8(6-16-7)10(15)13-4-3-12(2)9(14)5-13/h6H,3-5H2,1-2H3. The van der Waals surface area contributed by atoms with Crippen LogP contribution in [-0.2, 0) is 4.79 Å². The van der Waals surface area contributed by atoms with E-state index in [1.807, 2.05) is 6.92 Å². The van der Waals surface area contributed by atoms with E-state index < -0.39 is 0 Å². The minimum absolute atomic E-state index is 0.0217. The first-order chi connectivity index (χ1) is 7.58. The number of aromatic nitrogens is 1. The molecule has 86 valence electrons. The lowest BCUT2D eigenvalue weighted by Gasteiger charge is -2.31. The second-order valence-electron chi connectivity index (χ2n) is 3.79. The molecule has 0 radical (unpaired) electrons. The molecule has 0 aliphatic carbocycles. The van der Waals surface area contributed by atoms with E-state index in [1.54, 1.807) is 22.2 Å². The van der Waals surface area contributed by atoms with E-state index in [1.165, 1.54) is 11.3 Å². The van der Waals surface area contributed by atoms with Gasteiger partial charge < -0.3 is 9.80 Å². The maximum absolute atomic E-state index is 12.0. The van der Waals surface area contributed by atoms with E-state index in [-0.39, 0.29) is 18.4 Å². The summed E-state index contributed by atoms with van der Waals surface area (Å²) in [7, 11) is 1.75. The van der Waals surface area contributed by atoms with Crippen LogP contribution in [-0.4, -0.2) is 53.3 Å². The molecule has 0 N–H and O–H groups in total. The lowest BCUT2D eigenvalue weighted by Crippen LogP contribution is -2.50. The van der Waals surface area contributed by atoms with Crippen molar-refractivity contribution in [3.63, 3.8) is 0 Å². The van der Waals surface area contributed by atoms with Gasteiger partial charge in [0, 0.05) is 25.5 Å². The topological polar surface area (TPSA) is 53.5 Å². The first-order valence-electron chi connectivity index (χ1n) is 5.03. The highest BCUT2D eigenvalue weighted by Gasteiger charge is 2.26. The number of likely N-dealkylation sites (N-methyl/N-ethyl adjacent to an activating group) is 1. The van der Waals surface area contributed by atoms with Gasteiger partial charge in [0.05, 0.1) is 5.01 Å². The van der Waals surface area contributed by atoms with E-state index in [2.05, 4.69) is 4.98 Å². The molecule has 1 aliphatic rings. The maximum Gasteiger partial charge on any atom is 0.273 e. The molecule has 2 heterocycles. The summed E-state index contributed by atoms with van der Waals surface area (Å²) >= 11 is 1.44. The highest BCUT2D eigenvalue weighted by molar-refractivity contribution is 7.09. The number of nitrogens with zero attached hydrogens (tertiary/aromatic N) is 3. The number of carbonyl (C=O) groups is 2. The number of hydrogen-bond acceptors (Lipinski definition) is 4. The van der Waals surface area contributed by atoms with Crippen molar-refractivity contribution in [3.8, 4) is 0 Å². The smallest absolute Gasteiger partial charge is 0.273 e. The van der Waals surface area contributed by atoms with E-state index in [4.69, 9.17) is 0 Å². The maximum atomic E-state index is 12.0. The molecule has 1 fully saturated rings. The molecule has 5 nitrogen and oxygen atoms in total. The molecule has 1 aliphatic heterocycles. The van der Waals surface area contributed by atoms with Crippen LogP contribution in [0.4, 0.5) is 0 Å². The van der Waals surface area contributed by atoms with Gasteiger partial charge in [0.2, 0.25) is 5.91 Å². The van der Waals surface area contributed by atoms with E-state index in [0.717, 1.165) is 5.01 Å². The Bertz CT molecular complexity index is 429. The minimum Gasteiger partial charge on any atom is -0.342 e. The van der Waals surface area contributed by atoms with Crippen molar-refractivity contribution in [1.82, 2.24) is 14.8 Å². The van der Waals surface area contributed by atoms with Crippen molar-refractivity contribution in [1.29, 1.82) is 0 Å². The first-order valence-corrected chi connectivity index (χ1v) is 5.91. The molecule has 0 aromatic carbocycles. The van der Waals surface area contributed by atoms with Gasteiger partial charge in [0.15, 0.2) is 0 Å². The Hall–Kier alpha value is -1.43. The zero-order valence-electron chi connectivity index (χ0n) is 9.27. The number of piperazine rings is 1. The molecule has 0 atom stereocenters. The third-order valence-electron chi connectivity index (χ3n) is 2.58. The monoisotopic (exact) mass is 239 g/mol. The molecule has 1 aromatic rings. The molecule has 16 heavy (non-hydrogen) atoms. The van der Waals surface area contributed by atoms with Crippen molar-refractivity contribution < 1.29 is 9.59 Å². The Morgan fingerprint density at radius 1 is 1.50 bits per heavy atom. The fourth-order valence-electron chi connectivity index (χ4n) is 1.56. The third kappa shape index (κ3) is 2.06. The molecular formula is C10H13N3O2S. The van der Waals surface area contributed by atoms with Gasteiger partial charge in [-0.15, -0.1) is 11.3 Å². The molecule has 0 spiro atoms. The van der Waals surface area contributed by atoms with Gasteiger partial charge >= 0.3 is 0 Å². The van der Waals surface area contributed by atoms with Crippen LogP contribution >= 0.6 is 11.3 Å². The SMILES string of the molecule is Cc1nc(C(=O)N2CCN(C)C(=O)C2)cs1. The molecule has 1 aromatic heterocycles. The summed E-state index contributed by atoms with van der Waals surface area (Å²) in [5, 5.41) is 2.60. The van der Waals surface area contributed by atoms with E-state index in [9.17, 15) is 9.59 Å². The number of carbonyl (C=O) groups excluding carboxylic acids is 2. The van der Waals surface area contributed by atoms with Crippen LogP contribution in [0.3, 0.4) is 0 Å². The lowest BCUT2D eigenvalue weighted by atomic mass is 10.3. The number of thiazole rings is 1. The fraction of sp³-hybridized carbons (Fsp3) is 0.500. The van der Waals surface area contributed by atoms with Crippen LogP contribution in [0, 0.1) is 6.92 Å². The van der Waals surface area contributed by atoms with Crippen molar-refractivity contribution in [2.75, 3.05) is 26.7 Å². The molecule has 6 heteroatoms. The van der Waals surface area contributed by atoms with Gasteiger partial charge in [-0.25, -0.2) is 4.98 Å². The molecule has 2 amide bonds. The summed E-state index contributed by atoms with van der Waals surface area (Å²) < 4.78 is 0. The average Bonchev–Trinajstić information content (AvgIpc) is 2.68. The van der Waals surface area contributed by atoms with Crippen LogP contribution in [0.1, 0.15) is 15.5 Å². The Kier molecular flexibility index (Phi) is 2.91. The van der Waals surface area contributed by atoms with Gasteiger partial charge in [0.1, 0.15) is 12.2 Å². The van der Waals surface area contributed by atoms with Crippen molar-refractivity contribution in [3.05, 3.63) is 16.1 Å². The molecule has 0 saturated carbocycles. The Balaban J connectivity index is 2.09. The molecule has 2 rings (SSSR count). The van der Waals surface area contributed by atoms with E-state index in [0.29, 0.717) is 18.8 Å². The summed E-state index contributed by atoms with van der Waals surface area (Å²) in [5.41, 5.74) is 0.444. The van der Waals surface area contributed by atoms with Crippen molar-refractivity contribution in [2.24, 2.45) is 0 Å². The molecular weight excluding hydrogens is 226 g/mol. The third-order valence-corrected chi connectivity index (χ3v) is 3.36. The lowest BCUT2D eigenvalue weighted by molar-refractivity contribution is -0.133. The summed E-state index contributed by atoms with van der Waals surface area (Å²) in [6.07, 6.45) is 0. The molecule has 0 unspecified atom stereocenters. The first kappa shape index (κ1) is 11.1. The number of rotatable bonds is 1. The normalized spacial score (nSPS) is 16.8. The van der Waals surface area contributed by atoms with Crippen LogP contribution in [0.15, 0.2) is 5.38 Å². The van der Waals surface area contributed by atoms with E-state index >= 15 is 0 Å². The van der Waals surface area contributed by atoms with Crippen LogP contribution in [0.5, 0.6) is 0 Å². The Morgan fingerprint density at radius 3 is 2.81 bits per heavy atom. The number of amides is 2. The van der Waals surface area contributed by atoms with Crippen LogP contribution in [0.2, 0.25) is 0 Å². The summed E-state index contributed by atoms with van der Waals surface area (Å²) in [5.74, 6) is -0.169. The molecule has 1 saturated heterocycles. The summed E-state index contributed by atoms with van der Waals surface area (Å²) in [4.78, 5) is 30.7. The van der Waals surface area contributed by atoms with Crippen LogP contribution in [0.25, 0.3) is 0 Å². The summed E-state index contributed by atoms with van der Waals surface area (Å²) in [6, 6.07) is 0. The number of hydrogen-bond donors (Lipinski definition) is 0. The van der Waals surface area contributed by atoms with Crippen molar-refractivity contribution >= 4 is 23.2 Å². The van der Waals surface area contributed by atoms with Crippen LogP contribution < -0.4 is 0 Å². The Labute approximate surface area is 97.7 Å². The van der Waals surface area contributed by atoms with Gasteiger partial charge in [-0.05, 0) is 6.92 Å². The van der Waals surface area contributed by atoms with Gasteiger partial charge in [0.25, 0.3) is 5.91 Å². The van der Waals surface area contributed by atoms with Gasteiger partial charge in [-0.2, -0.15) is 0 Å². The van der Waals surface area contributed by atoms with Gasteiger partial charge in [-0.1, -0.05) is 0 Å². The minimum atomic E-state index is -0.147. The second kappa shape index (κ2) is 4.21. The largest absolute Gasteiger partial charge is 0.342 e. The molecule has 0 bridgehead atoms. The highest BCUT2D eigenvalue weighted by Crippen LogP contribution is 2.12. The zero-order valence-corrected chi connectivity index (χ0v) is 10.1. The van der Waals surface area contributed by atoms with Crippen molar-refractivity contribution in [2.45, 2.75) is 6.92 Å². The number of aryl methyl sites for hydroxylation is 1. The van der Waals surface area contributed by atoms with Gasteiger partial charge in [-0.3, -0.25) is 9.59 Å². The summed E-state index contributed by atoms with van der Waals surface area (Å²) in [6.45, 7) is 3.19. The zero-order chi connectivity index (χ0) is 11.7.